The maximum Gasteiger partial charge on any atom is 0.234 e. The molecule has 4 rings (SSSR count). The van der Waals surface area contributed by atoms with Crippen molar-refractivity contribution in [1.29, 1.82) is 0 Å². The van der Waals surface area contributed by atoms with Crippen molar-refractivity contribution in [2.24, 2.45) is 11.8 Å². The molecule has 124 valence electrons. The summed E-state index contributed by atoms with van der Waals surface area (Å²) in [5.74, 6) is -3.13. The highest BCUT2D eigenvalue weighted by atomic mass is 16.5. The van der Waals surface area contributed by atoms with E-state index >= 15 is 0 Å². The van der Waals surface area contributed by atoms with Crippen LogP contribution < -0.4 is 10.0 Å². The van der Waals surface area contributed by atoms with E-state index in [4.69, 9.17) is 4.74 Å². The van der Waals surface area contributed by atoms with Gasteiger partial charge in [-0.15, -0.1) is 6.58 Å². The standard InChI is InChI=1S/C19H19NO4/c1-11(2)10-14-19-9-8-13(24-19)15(18(22)23)16(19)17(21)20(14)12-6-4-3-5-7-12/h3-9,13-16H,1,10H2,2H3,(H,22,23)/p-1/t13-,14+,15+,16-,19+/m0/s1. The van der Waals surface area contributed by atoms with E-state index in [0.717, 1.165) is 11.3 Å². The second-order valence-electron chi connectivity index (χ2n) is 6.84. The van der Waals surface area contributed by atoms with Crippen LogP contribution in [0.4, 0.5) is 5.69 Å². The van der Waals surface area contributed by atoms with Crippen molar-refractivity contribution in [2.45, 2.75) is 31.1 Å². The van der Waals surface area contributed by atoms with Gasteiger partial charge in [-0.05, 0) is 25.5 Å². The van der Waals surface area contributed by atoms with Crippen LogP contribution in [0.2, 0.25) is 0 Å². The van der Waals surface area contributed by atoms with Gasteiger partial charge >= 0.3 is 0 Å². The number of ether oxygens (including phenoxy) is 1. The highest BCUT2D eigenvalue weighted by molar-refractivity contribution is 6.03. The molecule has 0 aliphatic carbocycles. The molecule has 0 aromatic heterocycles. The summed E-state index contributed by atoms with van der Waals surface area (Å²) < 4.78 is 6.06. The lowest BCUT2D eigenvalue weighted by molar-refractivity contribution is -0.313. The molecule has 0 N–H and O–H groups in total. The minimum atomic E-state index is -1.23. The molecule has 24 heavy (non-hydrogen) atoms. The summed E-state index contributed by atoms with van der Waals surface area (Å²) in [6, 6.07) is 8.99. The molecule has 1 spiro atoms. The molecule has 0 saturated carbocycles. The van der Waals surface area contributed by atoms with Crippen LogP contribution in [0.3, 0.4) is 0 Å². The SMILES string of the molecule is C=C(C)C[C@H]1N(c2ccccc2)C(=O)[C@@H]2[C@H](C(=O)[O-])[C@@H]3C=C[C@]21O3. The lowest BCUT2D eigenvalue weighted by Gasteiger charge is -2.33. The Labute approximate surface area is 140 Å². The van der Waals surface area contributed by atoms with Gasteiger partial charge in [-0.2, -0.15) is 0 Å². The van der Waals surface area contributed by atoms with Crippen molar-refractivity contribution in [3.8, 4) is 0 Å². The van der Waals surface area contributed by atoms with Crippen molar-refractivity contribution in [2.75, 3.05) is 4.90 Å². The Bertz CT molecular complexity index is 756. The molecule has 3 heterocycles. The van der Waals surface area contributed by atoms with Crippen LogP contribution >= 0.6 is 0 Å². The van der Waals surface area contributed by atoms with Gasteiger partial charge in [-0.25, -0.2) is 0 Å². The number of amides is 1. The monoisotopic (exact) mass is 324 g/mol. The maximum absolute atomic E-state index is 13.2. The van der Waals surface area contributed by atoms with E-state index in [-0.39, 0.29) is 11.9 Å². The maximum atomic E-state index is 13.2. The molecular weight excluding hydrogens is 306 g/mol. The molecule has 5 nitrogen and oxygen atoms in total. The first kappa shape index (κ1) is 15.1. The Morgan fingerprint density at radius 2 is 2.08 bits per heavy atom. The van der Waals surface area contributed by atoms with Gasteiger partial charge in [-0.1, -0.05) is 35.9 Å². The molecule has 1 amide bonds. The van der Waals surface area contributed by atoms with Gasteiger partial charge in [0.05, 0.1) is 18.1 Å². The molecular formula is C19H18NO4-. The van der Waals surface area contributed by atoms with E-state index in [0.29, 0.717) is 6.42 Å². The van der Waals surface area contributed by atoms with Gasteiger partial charge in [0.25, 0.3) is 0 Å². The highest BCUT2D eigenvalue weighted by Gasteiger charge is 2.69. The van der Waals surface area contributed by atoms with Crippen molar-refractivity contribution < 1.29 is 19.4 Å². The number of carbonyl (C=O) groups is 2. The molecule has 2 fully saturated rings. The second-order valence-corrected chi connectivity index (χ2v) is 6.84. The number of rotatable bonds is 4. The Hall–Kier alpha value is -2.40. The lowest BCUT2D eigenvalue weighted by Crippen LogP contribution is -2.46. The number of benzene rings is 1. The predicted molar refractivity (Wildman–Crippen MR) is 85.9 cm³/mol. The van der Waals surface area contributed by atoms with E-state index in [9.17, 15) is 14.7 Å². The summed E-state index contributed by atoms with van der Waals surface area (Å²) in [5, 5.41) is 11.6. The zero-order valence-electron chi connectivity index (χ0n) is 13.3. The van der Waals surface area contributed by atoms with Gasteiger partial charge in [0.1, 0.15) is 5.60 Å². The number of carbonyl (C=O) groups excluding carboxylic acids is 2. The third-order valence-corrected chi connectivity index (χ3v) is 5.27. The summed E-state index contributed by atoms with van der Waals surface area (Å²) >= 11 is 0. The van der Waals surface area contributed by atoms with Gasteiger partial charge in [-0.3, -0.25) is 4.79 Å². The molecule has 0 radical (unpaired) electrons. The summed E-state index contributed by atoms with van der Waals surface area (Å²) in [7, 11) is 0. The third kappa shape index (κ3) is 1.85. The first-order valence-electron chi connectivity index (χ1n) is 8.06. The van der Waals surface area contributed by atoms with Crippen LogP contribution in [0.1, 0.15) is 13.3 Å². The number of fused-ring (bicyclic) bond motifs is 1. The lowest BCUT2D eigenvalue weighted by atomic mass is 9.74. The summed E-state index contributed by atoms with van der Waals surface area (Å²) in [6.07, 6.45) is 3.59. The third-order valence-electron chi connectivity index (χ3n) is 5.27. The first-order valence-corrected chi connectivity index (χ1v) is 8.06. The van der Waals surface area contributed by atoms with E-state index in [1.807, 2.05) is 43.3 Å². The quantitative estimate of drug-likeness (QED) is 0.777. The van der Waals surface area contributed by atoms with Crippen molar-refractivity contribution in [3.05, 3.63) is 54.6 Å². The molecule has 3 aliphatic rings. The van der Waals surface area contributed by atoms with Crippen molar-refractivity contribution in [3.63, 3.8) is 0 Å². The summed E-state index contributed by atoms with van der Waals surface area (Å²) in [6.45, 7) is 5.87. The second kappa shape index (κ2) is 5.05. The smallest absolute Gasteiger partial charge is 0.234 e. The van der Waals surface area contributed by atoms with E-state index in [1.54, 1.807) is 11.0 Å². The molecule has 2 saturated heterocycles. The van der Waals surface area contributed by atoms with Crippen LogP contribution in [0.5, 0.6) is 0 Å². The van der Waals surface area contributed by atoms with Gasteiger partial charge < -0.3 is 19.5 Å². The average molecular weight is 324 g/mol. The summed E-state index contributed by atoms with van der Waals surface area (Å²) in [4.78, 5) is 26.5. The number of nitrogens with zero attached hydrogens (tertiary/aromatic N) is 1. The minimum absolute atomic E-state index is 0.214. The molecule has 3 aliphatic heterocycles. The molecule has 5 atom stereocenters. The van der Waals surface area contributed by atoms with Crippen molar-refractivity contribution in [1.82, 2.24) is 0 Å². The number of para-hydroxylation sites is 1. The number of hydrogen-bond acceptors (Lipinski definition) is 4. The van der Waals surface area contributed by atoms with Crippen LogP contribution in [0, 0.1) is 11.8 Å². The Morgan fingerprint density at radius 1 is 1.38 bits per heavy atom. The van der Waals surface area contributed by atoms with Crippen LogP contribution in [-0.4, -0.2) is 29.6 Å². The highest BCUT2D eigenvalue weighted by Crippen LogP contribution is 2.56. The average Bonchev–Trinajstić information content (AvgIpc) is 3.17. The number of anilines is 1. The zero-order chi connectivity index (χ0) is 17.1. The van der Waals surface area contributed by atoms with Crippen LogP contribution in [0.15, 0.2) is 54.6 Å². The predicted octanol–water partition coefficient (Wildman–Crippen LogP) is 1.06. The van der Waals surface area contributed by atoms with Gasteiger partial charge in [0.15, 0.2) is 0 Å². The zero-order valence-corrected chi connectivity index (χ0v) is 13.3. The fourth-order valence-corrected chi connectivity index (χ4v) is 4.40. The van der Waals surface area contributed by atoms with Gasteiger partial charge in [0.2, 0.25) is 5.91 Å². The summed E-state index contributed by atoms with van der Waals surface area (Å²) in [5.41, 5.74) is 0.748. The number of carboxylic acid groups (broad SMARTS) is 1. The fourth-order valence-electron chi connectivity index (χ4n) is 4.40. The first-order chi connectivity index (χ1) is 11.5. The molecule has 2 bridgehead atoms. The topological polar surface area (TPSA) is 69.7 Å². The van der Waals surface area contributed by atoms with E-state index < -0.39 is 29.5 Å². The largest absolute Gasteiger partial charge is 0.550 e. The molecule has 1 aromatic carbocycles. The normalized spacial score (nSPS) is 36.2. The van der Waals surface area contributed by atoms with E-state index in [2.05, 4.69) is 6.58 Å². The van der Waals surface area contributed by atoms with Crippen LogP contribution in [-0.2, 0) is 14.3 Å². The molecule has 5 heteroatoms. The Morgan fingerprint density at radius 3 is 2.71 bits per heavy atom. The Kier molecular flexibility index (Phi) is 3.18. The number of carboxylic acids is 1. The molecule has 0 unspecified atom stereocenters. The molecule has 1 aromatic rings. The number of hydrogen-bond donors (Lipinski definition) is 0. The van der Waals surface area contributed by atoms with Crippen LogP contribution in [0.25, 0.3) is 0 Å². The number of aliphatic carboxylic acids is 1. The van der Waals surface area contributed by atoms with Gasteiger partial charge in [0, 0.05) is 17.6 Å². The fraction of sp³-hybridized carbons (Fsp3) is 0.368. The Balaban J connectivity index is 1.85. The minimum Gasteiger partial charge on any atom is -0.550 e. The van der Waals surface area contributed by atoms with Crippen molar-refractivity contribution >= 4 is 17.6 Å². The van der Waals surface area contributed by atoms with E-state index in [1.165, 1.54) is 0 Å².